The Hall–Kier alpha value is -3.30. The molecule has 15 nitrogen and oxygen atoms in total. The van der Waals surface area contributed by atoms with Gasteiger partial charge >= 0.3 is 35.8 Å². The van der Waals surface area contributed by atoms with E-state index in [1.807, 2.05) is 0 Å². The molecular weight excluding hydrogens is 564 g/mol. The minimum absolute atomic E-state index is 0.256. The van der Waals surface area contributed by atoms with Gasteiger partial charge in [-0.25, -0.2) is 0 Å². The molecule has 3 N–H and O–H groups in total. The zero-order valence-corrected chi connectivity index (χ0v) is 24.9. The van der Waals surface area contributed by atoms with E-state index < -0.39 is 98.2 Å². The van der Waals surface area contributed by atoms with E-state index in [1.165, 1.54) is 41.5 Å². The molecule has 0 aromatic heterocycles. The summed E-state index contributed by atoms with van der Waals surface area (Å²) in [5.74, 6) is -4.66. The Morgan fingerprint density at radius 3 is 0.976 bits per heavy atom. The zero-order valence-electron chi connectivity index (χ0n) is 24.9. The Morgan fingerprint density at radius 1 is 0.429 bits per heavy atom. The average molecular weight is 609 g/mol. The van der Waals surface area contributed by atoms with E-state index in [9.17, 15) is 44.1 Å². The third-order valence-corrected chi connectivity index (χ3v) is 4.91. The molecule has 0 fully saturated rings. The maximum absolute atomic E-state index is 12.4. The molecule has 42 heavy (non-hydrogen) atoms. The first-order valence-electron chi connectivity index (χ1n) is 13.6. The number of aliphatic hydroxyl groups excluding tert-OH is 3. The summed E-state index contributed by atoms with van der Waals surface area (Å²) >= 11 is 0. The predicted octanol–water partition coefficient (Wildman–Crippen LogP) is 0.263. The fourth-order valence-corrected chi connectivity index (χ4v) is 3.21. The summed E-state index contributed by atoms with van der Waals surface area (Å²) < 4.78 is 30.5. The molecule has 15 heteroatoms. The lowest BCUT2D eigenvalue weighted by atomic mass is 10.2. The van der Waals surface area contributed by atoms with Gasteiger partial charge in [-0.15, -0.1) is 0 Å². The largest absolute Gasteiger partial charge is 0.462 e. The van der Waals surface area contributed by atoms with Gasteiger partial charge in [-0.2, -0.15) is 0 Å². The van der Waals surface area contributed by atoms with Gasteiger partial charge in [0.2, 0.25) is 0 Å². The number of rotatable bonds is 20. The van der Waals surface area contributed by atoms with E-state index in [0.29, 0.717) is 0 Å². The number of ether oxygens (including phenoxy) is 6. The molecule has 0 saturated heterocycles. The molecule has 242 valence electrons. The SMILES string of the molecule is CC(O)CC(=O)OC(C)CC(=O)OCC(COC(=O)CC(C)OC(=O)CC(C)O)OC(=O)CC(C)OC(=O)CC(C)O. The van der Waals surface area contributed by atoms with E-state index in [-0.39, 0.29) is 32.1 Å². The fourth-order valence-electron chi connectivity index (χ4n) is 3.21. The summed E-state index contributed by atoms with van der Waals surface area (Å²) in [7, 11) is 0. The van der Waals surface area contributed by atoms with Crippen LogP contribution in [-0.4, -0.2) is 107 Å². The fraction of sp³-hybridized carbons (Fsp3) is 0.778. The molecule has 0 aliphatic rings. The Kier molecular flexibility index (Phi) is 18.9. The van der Waals surface area contributed by atoms with Gasteiger partial charge in [-0.05, 0) is 41.5 Å². The van der Waals surface area contributed by atoms with Crippen molar-refractivity contribution >= 4 is 35.8 Å². The number of hydrogen-bond acceptors (Lipinski definition) is 15. The topological polar surface area (TPSA) is 218 Å². The van der Waals surface area contributed by atoms with Gasteiger partial charge in [0.1, 0.15) is 31.5 Å². The Morgan fingerprint density at radius 2 is 0.690 bits per heavy atom. The first-order chi connectivity index (χ1) is 19.5. The summed E-state index contributed by atoms with van der Waals surface area (Å²) in [4.78, 5) is 71.9. The van der Waals surface area contributed by atoms with Crippen LogP contribution in [-0.2, 0) is 57.2 Å². The number of aliphatic hydroxyl groups is 3. The molecule has 0 heterocycles. The smallest absolute Gasteiger partial charge is 0.310 e. The van der Waals surface area contributed by atoms with Gasteiger partial charge in [-0.1, -0.05) is 0 Å². The molecule has 0 aromatic carbocycles. The van der Waals surface area contributed by atoms with Crippen molar-refractivity contribution in [1.82, 2.24) is 0 Å². The second-order valence-corrected chi connectivity index (χ2v) is 10.2. The Labute approximate surface area is 244 Å². The second kappa shape index (κ2) is 20.6. The van der Waals surface area contributed by atoms with E-state index in [2.05, 4.69) is 0 Å². The lowest BCUT2D eigenvalue weighted by Crippen LogP contribution is -2.33. The van der Waals surface area contributed by atoms with Crippen molar-refractivity contribution in [3.63, 3.8) is 0 Å². The molecule has 0 rings (SSSR count). The third-order valence-electron chi connectivity index (χ3n) is 4.91. The van der Waals surface area contributed by atoms with Crippen LogP contribution in [0, 0.1) is 0 Å². The molecule has 0 radical (unpaired) electrons. The predicted molar refractivity (Wildman–Crippen MR) is 141 cm³/mol. The Bertz CT molecular complexity index is 835. The van der Waals surface area contributed by atoms with Crippen LogP contribution in [0.25, 0.3) is 0 Å². The Balaban J connectivity index is 5.06. The van der Waals surface area contributed by atoms with Crippen LogP contribution < -0.4 is 0 Å². The van der Waals surface area contributed by atoms with Crippen molar-refractivity contribution < 1.29 is 72.5 Å². The lowest BCUT2D eigenvalue weighted by Gasteiger charge is -2.20. The standard InChI is InChI=1S/C27H44O15/c1-15(28)7-24(33)39-18(4)10-22(31)37-13-21(42-27(36)12-20(6)41-26(35)9-17(3)30)14-38-23(32)11-19(5)40-25(34)8-16(2)29/h15-21,28-30H,7-14H2,1-6H3. The molecule has 0 aliphatic carbocycles. The van der Waals surface area contributed by atoms with Crippen LogP contribution in [0.15, 0.2) is 0 Å². The highest BCUT2D eigenvalue weighted by atomic mass is 16.6. The molecule has 6 atom stereocenters. The molecule has 0 amide bonds. The highest BCUT2D eigenvalue weighted by Crippen LogP contribution is 2.09. The minimum Gasteiger partial charge on any atom is -0.462 e. The quantitative estimate of drug-likeness (QED) is 0.125. The summed E-state index contributed by atoms with van der Waals surface area (Å²) in [6.07, 6.45) is -8.58. The van der Waals surface area contributed by atoms with Crippen molar-refractivity contribution in [2.75, 3.05) is 13.2 Å². The zero-order chi connectivity index (χ0) is 32.4. The van der Waals surface area contributed by atoms with Crippen LogP contribution in [0.3, 0.4) is 0 Å². The van der Waals surface area contributed by atoms with Crippen molar-refractivity contribution in [3.8, 4) is 0 Å². The molecule has 0 spiro atoms. The average Bonchev–Trinajstić information content (AvgIpc) is 2.78. The van der Waals surface area contributed by atoms with Crippen molar-refractivity contribution in [1.29, 1.82) is 0 Å². The highest BCUT2D eigenvalue weighted by Gasteiger charge is 2.24. The molecule has 0 aromatic rings. The summed E-state index contributed by atoms with van der Waals surface area (Å²) in [6.45, 7) is 7.43. The molecule has 0 bridgehead atoms. The molecular formula is C27H44O15. The van der Waals surface area contributed by atoms with E-state index in [0.717, 1.165) is 0 Å². The van der Waals surface area contributed by atoms with Crippen molar-refractivity contribution in [2.45, 2.75) is 123 Å². The summed E-state index contributed by atoms with van der Waals surface area (Å²) in [6, 6.07) is 0. The highest BCUT2D eigenvalue weighted by molar-refractivity contribution is 5.74. The van der Waals surface area contributed by atoms with Crippen LogP contribution in [0.4, 0.5) is 0 Å². The maximum atomic E-state index is 12.4. The van der Waals surface area contributed by atoms with Gasteiger partial charge in [-0.3, -0.25) is 28.8 Å². The molecule has 0 aliphatic heterocycles. The van der Waals surface area contributed by atoms with Crippen molar-refractivity contribution in [2.24, 2.45) is 0 Å². The van der Waals surface area contributed by atoms with Gasteiger partial charge in [0.15, 0.2) is 6.10 Å². The first kappa shape index (κ1) is 38.7. The third kappa shape index (κ3) is 21.4. The van der Waals surface area contributed by atoms with Crippen LogP contribution in [0.1, 0.15) is 80.1 Å². The second-order valence-electron chi connectivity index (χ2n) is 10.2. The lowest BCUT2D eigenvalue weighted by molar-refractivity contribution is -0.172. The maximum Gasteiger partial charge on any atom is 0.310 e. The number of carbonyl (C=O) groups is 6. The number of carbonyl (C=O) groups excluding carboxylic acids is 6. The van der Waals surface area contributed by atoms with E-state index >= 15 is 0 Å². The van der Waals surface area contributed by atoms with Crippen LogP contribution in [0.5, 0.6) is 0 Å². The van der Waals surface area contributed by atoms with E-state index in [1.54, 1.807) is 0 Å². The van der Waals surface area contributed by atoms with Gasteiger partial charge < -0.3 is 43.7 Å². The van der Waals surface area contributed by atoms with E-state index in [4.69, 9.17) is 28.4 Å². The summed E-state index contributed by atoms with van der Waals surface area (Å²) in [5.41, 5.74) is 0. The normalized spacial score (nSPS) is 15.9. The molecule has 0 saturated carbocycles. The summed E-state index contributed by atoms with van der Waals surface area (Å²) in [5, 5.41) is 27.7. The monoisotopic (exact) mass is 608 g/mol. The first-order valence-corrected chi connectivity index (χ1v) is 13.6. The minimum atomic E-state index is -1.27. The van der Waals surface area contributed by atoms with Gasteiger partial charge in [0, 0.05) is 0 Å². The van der Waals surface area contributed by atoms with Crippen molar-refractivity contribution in [3.05, 3.63) is 0 Å². The van der Waals surface area contributed by atoms with Gasteiger partial charge in [0.25, 0.3) is 0 Å². The van der Waals surface area contributed by atoms with Crippen LogP contribution in [0.2, 0.25) is 0 Å². The van der Waals surface area contributed by atoms with Gasteiger partial charge in [0.05, 0.1) is 56.8 Å². The molecule has 6 unspecified atom stereocenters. The van der Waals surface area contributed by atoms with Crippen LogP contribution >= 0.6 is 0 Å². The number of esters is 6. The number of hydrogen-bond donors (Lipinski definition) is 3.